The number of pyridine rings is 1. The molecular weight excluding hydrogens is 352 g/mol. The summed E-state index contributed by atoms with van der Waals surface area (Å²) >= 11 is 0. The molecule has 2 aliphatic heterocycles. The molecule has 6 heteroatoms. The van der Waals surface area contributed by atoms with Crippen molar-refractivity contribution >= 4 is 16.7 Å². The van der Waals surface area contributed by atoms with Crippen molar-refractivity contribution in [2.24, 2.45) is 0 Å². The molecule has 1 amide bonds. The fourth-order valence-corrected chi connectivity index (χ4v) is 4.61. The number of likely N-dealkylation sites (tertiary alicyclic amines) is 1. The average molecular weight is 383 g/mol. The highest BCUT2D eigenvalue weighted by Crippen LogP contribution is 2.19. The molecule has 0 bridgehead atoms. The molecule has 2 aromatic rings. The van der Waals surface area contributed by atoms with Crippen LogP contribution in [0.15, 0.2) is 35.1 Å². The van der Waals surface area contributed by atoms with Gasteiger partial charge in [0.25, 0.3) is 11.5 Å². The van der Waals surface area contributed by atoms with Gasteiger partial charge in [-0.3, -0.25) is 14.5 Å². The highest BCUT2D eigenvalue weighted by Gasteiger charge is 2.29. The lowest BCUT2D eigenvalue weighted by Crippen LogP contribution is -2.54. The van der Waals surface area contributed by atoms with Crippen molar-refractivity contribution in [2.75, 3.05) is 45.8 Å². The Hall–Kier alpha value is -2.18. The van der Waals surface area contributed by atoms with Crippen LogP contribution in [0.1, 0.15) is 36.7 Å². The predicted octanol–water partition coefficient (Wildman–Crippen LogP) is 2.16. The average Bonchev–Trinajstić information content (AvgIpc) is 2.74. The number of rotatable bonds is 4. The number of nitrogens with one attached hydrogen (secondary N) is 1. The molecule has 0 unspecified atom stereocenters. The number of carbonyl (C=O) groups excluding carboxylic acids is 1. The number of aromatic amines is 1. The van der Waals surface area contributed by atoms with E-state index in [1.165, 1.54) is 38.9 Å². The van der Waals surface area contributed by atoms with E-state index < -0.39 is 0 Å². The van der Waals surface area contributed by atoms with Gasteiger partial charge in [0, 0.05) is 37.6 Å². The van der Waals surface area contributed by atoms with Gasteiger partial charge in [-0.05, 0) is 56.4 Å². The zero-order valence-corrected chi connectivity index (χ0v) is 16.7. The van der Waals surface area contributed by atoms with Gasteiger partial charge in [0.05, 0.1) is 0 Å². The Bertz CT molecular complexity index is 877. The van der Waals surface area contributed by atoms with Crippen LogP contribution in [-0.4, -0.2) is 77.4 Å². The molecule has 0 radical (unpaired) electrons. The largest absolute Gasteiger partial charge is 0.335 e. The van der Waals surface area contributed by atoms with E-state index in [9.17, 15) is 9.59 Å². The van der Waals surface area contributed by atoms with E-state index in [1.54, 1.807) is 12.1 Å². The lowest BCUT2D eigenvalue weighted by Gasteiger charge is -2.42. The number of fused-ring (bicyclic) bond motifs is 1. The number of carbonyl (C=O) groups is 1. The minimum Gasteiger partial charge on any atom is -0.335 e. The molecule has 1 aromatic heterocycles. The zero-order valence-electron chi connectivity index (χ0n) is 16.7. The molecule has 2 saturated heterocycles. The third-order valence-corrected chi connectivity index (χ3v) is 6.20. The Labute approximate surface area is 166 Å². The Morgan fingerprint density at radius 2 is 1.79 bits per heavy atom. The number of H-pyrrole nitrogens is 1. The van der Waals surface area contributed by atoms with Gasteiger partial charge in [-0.25, -0.2) is 0 Å². The lowest BCUT2D eigenvalue weighted by atomic mass is 10.0. The maximum absolute atomic E-state index is 12.9. The van der Waals surface area contributed by atoms with Crippen LogP contribution in [0.2, 0.25) is 0 Å². The van der Waals surface area contributed by atoms with E-state index in [2.05, 4.69) is 21.7 Å². The molecule has 1 aromatic carbocycles. The summed E-state index contributed by atoms with van der Waals surface area (Å²) in [5.74, 6) is -0.0692. The summed E-state index contributed by atoms with van der Waals surface area (Å²) in [4.78, 5) is 35.0. The lowest BCUT2D eigenvalue weighted by molar-refractivity contribution is 0.0449. The molecular formula is C22H30N4O2. The van der Waals surface area contributed by atoms with Crippen LogP contribution < -0.4 is 5.56 Å². The van der Waals surface area contributed by atoms with Crippen LogP contribution >= 0.6 is 0 Å². The molecule has 0 spiro atoms. The minimum absolute atomic E-state index is 0.0692. The van der Waals surface area contributed by atoms with Crippen molar-refractivity contribution in [2.45, 2.75) is 32.2 Å². The van der Waals surface area contributed by atoms with Gasteiger partial charge in [-0.15, -0.1) is 0 Å². The molecule has 4 rings (SSSR count). The minimum atomic E-state index is -0.195. The summed E-state index contributed by atoms with van der Waals surface area (Å²) < 4.78 is 0. The summed E-state index contributed by atoms with van der Waals surface area (Å²) in [6.07, 6.45) is 3.68. The van der Waals surface area contributed by atoms with Crippen molar-refractivity contribution in [3.8, 4) is 0 Å². The third kappa shape index (κ3) is 3.98. The fraction of sp³-hybridized carbons (Fsp3) is 0.545. The van der Waals surface area contributed by atoms with Crippen molar-refractivity contribution in [3.63, 3.8) is 0 Å². The third-order valence-electron chi connectivity index (χ3n) is 6.20. The van der Waals surface area contributed by atoms with E-state index in [-0.39, 0.29) is 11.5 Å². The number of hydrogen-bond donors (Lipinski definition) is 1. The Balaban J connectivity index is 1.36. The van der Waals surface area contributed by atoms with Crippen LogP contribution in [0.5, 0.6) is 0 Å². The number of piperazine rings is 1. The monoisotopic (exact) mass is 382 g/mol. The SMILES string of the molecule is CCCN1CCC(N2CCN(C(=O)c3cc4ccccc4c(=O)[nH]3)CC2)CC1. The van der Waals surface area contributed by atoms with E-state index >= 15 is 0 Å². The number of benzene rings is 1. The Morgan fingerprint density at radius 3 is 2.50 bits per heavy atom. The van der Waals surface area contributed by atoms with Crippen LogP contribution in [0.3, 0.4) is 0 Å². The summed E-state index contributed by atoms with van der Waals surface area (Å²) in [6.45, 7) is 9.12. The molecule has 28 heavy (non-hydrogen) atoms. The normalized spacial score (nSPS) is 20.0. The first-order valence-electron chi connectivity index (χ1n) is 10.5. The van der Waals surface area contributed by atoms with E-state index in [4.69, 9.17) is 0 Å². The number of piperidine rings is 1. The smallest absolute Gasteiger partial charge is 0.270 e. The molecule has 1 N–H and O–H groups in total. The molecule has 2 aliphatic rings. The van der Waals surface area contributed by atoms with Crippen LogP contribution in [-0.2, 0) is 0 Å². The second kappa shape index (κ2) is 8.45. The van der Waals surface area contributed by atoms with Gasteiger partial charge in [0.2, 0.25) is 0 Å². The molecule has 6 nitrogen and oxygen atoms in total. The zero-order chi connectivity index (χ0) is 19.5. The van der Waals surface area contributed by atoms with E-state index in [0.29, 0.717) is 17.1 Å². The molecule has 3 heterocycles. The summed E-state index contributed by atoms with van der Waals surface area (Å²) in [6, 6.07) is 9.84. The standard InChI is InChI=1S/C22H30N4O2/c1-2-9-24-10-7-18(8-11-24)25-12-14-26(15-13-25)22(28)20-16-17-5-3-4-6-19(17)21(27)23-20/h3-6,16,18H,2,7-15H2,1H3,(H,23,27). The molecule has 2 fully saturated rings. The first-order valence-corrected chi connectivity index (χ1v) is 10.5. The maximum atomic E-state index is 12.9. The van der Waals surface area contributed by atoms with Crippen LogP contribution in [0.25, 0.3) is 10.8 Å². The summed E-state index contributed by atoms with van der Waals surface area (Å²) in [7, 11) is 0. The van der Waals surface area contributed by atoms with Gasteiger partial charge in [0.15, 0.2) is 0 Å². The van der Waals surface area contributed by atoms with Gasteiger partial charge in [-0.1, -0.05) is 25.1 Å². The van der Waals surface area contributed by atoms with Gasteiger partial charge in [0.1, 0.15) is 5.69 Å². The van der Waals surface area contributed by atoms with Gasteiger partial charge >= 0.3 is 0 Å². The second-order valence-corrected chi connectivity index (χ2v) is 8.00. The van der Waals surface area contributed by atoms with Crippen molar-refractivity contribution in [3.05, 3.63) is 46.4 Å². The predicted molar refractivity (Wildman–Crippen MR) is 112 cm³/mol. The fourth-order valence-electron chi connectivity index (χ4n) is 4.61. The van der Waals surface area contributed by atoms with E-state index in [0.717, 1.165) is 31.6 Å². The molecule has 0 saturated carbocycles. The quantitative estimate of drug-likeness (QED) is 0.880. The van der Waals surface area contributed by atoms with Gasteiger partial charge in [-0.2, -0.15) is 0 Å². The van der Waals surface area contributed by atoms with Crippen molar-refractivity contribution in [1.29, 1.82) is 0 Å². The van der Waals surface area contributed by atoms with Crippen molar-refractivity contribution < 1.29 is 4.79 Å². The topological polar surface area (TPSA) is 59.6 Å². The van der Waals surface area contributed by atoms with Crippen molar-refractivity contribution in [1.82, 2.24) is 19.7 Å². The highest BCUT2D eigenvalue weighted by molar-refractivity contribution is 5.96. The van der Waals surface area contributed by atoms with Crippen LogP contribution in [0, 0.1) is 0 Å². The Morgan fingerprint density at radius 1 is 1.07 bits per heavy atom. The number of hydrogen-bond acceptors (Lipinski definition) is 4. The number of nitrogens with zero attached hydrogens (tertiary/aromatic N) is 3. The van der Waals surface area contributed by atoms with E-state index in [1.807, 2.05) is 23.1 Å². The molecule has 0 atom stereocenters. The second-order valence-electron chi connectivity index (χ2n) is 8.00. The number of aromatic nitrogens is 1. The molecule has 0 aliphatic carbocycles. The van der Waals surface area contributed by atoms with Gasteiger partial charge < -0.3 is 14.8 Å². The Kier molecular flexibility index (Phi) is 5.78. The highest BCUT2D eigenvalue weighted by atomic mass is 16.2. The maximum Gasteiger partial charge on any atom is 0.270 e. The summed E-state index contributed by atoms with van der Waals surface area (Å²) in [5, 5.41) is 1.44. The first kappa shape index (κ1) is 19.2. The van der Waals surface area contributed by atoms with Crippen LogP contribution in [0.4, 0.5) is 0 Å². The molecule has 150 valence electrons. The number of amides is 1. The first-order chi connectivity index (χ1) is 13.7. The summed E-state index contributed by atoms with van der Waals surface area (Å²) in [5.41, 5.74) is 0.198.